The highest BCUT2D eigenvalue weighted by molar-refractivity contribution is 8.19. The van der Waals surface area contributed by atoms with Gasteiger partial charge in [-0.25, -0.2) is 0 Å². The number of nitrogens with zero attached hydrogens (tertiary/aromatic N) is 1. The number of benzene rings is 3. The molecule has 3 aromatic carbocycles. The van der Waals surface area contributed by atoms with Crippen LogP contribution in [-0.4, -0.2) is 17.4 Å². The van der Waals surface area contributed by atoms with Crippen molar-refractivity contribution < 1.29 is 4.79 Å². The third-order valence-corrected chi connectivity index (χ3v) is 7.90. The Kier molecular flexibility index (Phi) is 6.08. The van der Waals surface area contributed by atoms with Crippen LogP contribution >= 0.6 is 23.5 Å². The summed E-state index contributed by atoms with van der Waals surface area (Å²) in [6, 6.07) is 26.5. The fourth-order valence-corrected chi connectivity index (χ4v) is 6.19. The van der Waals surface area contributed by atoms with Crippen LogP contribution in [0.5, 0.6) is 0 Å². The van der Waals surface area contributed by atoms with Crippen LogP contribution in [0.15, 0.2) is 78.9 Å². The Bertz CT molecular complexity index is 934. The van der Waals surface area contributed by atoms with Gasteiger partial charge in [-0.2, -0.15) is 0 Å². The van der Waals surface area contributed by atoms with E-state index in [1.807, 2.05) is 70.9 Å². The number of carbonyl (C=O) groups excluding carboxylic acids is 1. The molecule has 0 saturated carbocycles. The van der Waals surface area contributed by atoms with Crippen LogP contribution in [0.25, 0.3) is 0 Å². The lowest BCUT2D eigenvalue weighted by Crippen LogP contribution is -2.30. The molecule has 1 heterocycles. The smallest absolute Gasteiger partial charge is 0.258 e. The summed E-state index contributed by atoms with van der Waals surface area (Å²) in [4.78, 5) is 15.3. The van der Waals surface area contributed by atoms with Crippen molar-refractivity contribution in [3.8, 4) is 0 Å². The molecule has 1 fully saturated rings. The van der Waals surface area contributed by atoms with Gasteiger partial charge in [-0.1, -0.05) is 54.6 Å². The van der Waals surface area contributed by atoms with E-state index < -0.39 is 0 Å². The summed E-state index contributed by atoms with van der Waals surface area (Å²) >= 11 is 3.97. The van der Waals surface area contributed by atoms with Crippen LogP contribution in [0.1, 0.15) is 31.6 Å². The molecule has 0 aromatic heterocycles. The summed E-state index contributed by atoms with van der Waals surface area (Å²) in [5.74, 6) is 2.44. The minimum absolute atomic E-state index is 0.0349. The molecule has 28 heavy (non-hydrogen) atoms. The van der Waals surface area contributed by atoms with Crippen LogP contribution in [0.3, 0.4) is 0 Å². The summed E-state index contributed by atoms with van der Waals surface area (Å²) < 4.78 is 0.501. The summed E-state index contributed by atoms with van der Waals surface area (Å²) in [5, 5.41) is 0. The van der Waals surface area contributed by atoms with Crippen molar-refractivity contribution in [2.45, 2.75) is 18.1 Å². The first kappa shape index (κ1) is 19.2. The number of hydrogen-bond donors (Lipinski definition) is 0. The van der Waals surface area contributed by atoms with Crippen LogP contribution in [0.2, 0.25) is 0 Å². The monoisotopic (exact) mass is 405 g/mol. The lowest BCUT2D eigenvalue weighted by molar-refractivity contribution is 0.0985. The van der Waals surface area contributed by atoms with Crippen molar-refractivity contribution in [1.29, 1.82) is 0 Å². The first-order chi connectivity index (χ1) is 13.7. The van der Waals surface area contributed by atoms with Crippen LogP contribution in [-0.2, 0) is 6.54 Å². The van der Waals surface area contributed by atoms with E-state index in [1.165, 1.54) is 17.1 Å². The summed E-state index contributed by atoms with van der Waals surface area (Å²) in [6.45, 7) is 2.61. The Morgan fingerprint density at radius 1 is 0.929 bits per heavy atom. The fraction of sp³-hybridized carbons (Fsp3) is 0.208. The Morgan fingerprint density at radius 2 is 1.64 bits per heavy atom. The van der Waals surface area contributed by atoms with Crippen LogP contribution in [0.4, 0.5) is 5.69 Å². The molecule has 142 valence electrons. The number of rotatable bonds is 5. The molecule has 0 N–H and O–H groups in total. The Balaban J connectivity index is 1.62. The molecule has 2 nitrogen and oxygen atoms in total. The van der Waals surface area contributed by atoms with Crippen molar-refractivity contribution in [3.63, 3.8) is 0 Å². The van der Waals surface area contributed by atoms with E-state index in [0.717, 1.165) is 22.4 Å². The molecule has 0 unspecified atom stereocenters. The summed E-state index contributed by atoms with van der Waals surface area (Å²) in [6.07, 6.45) is 0. The lowest BCUT2D eigenvalue weighted by Gasteiger charge is -2.24. The van der Waals surface area contributed by atoms with Gasteiger partial charge in [0.2, 0.25) is 0 Å². The molecular weight excluding hydrogens is 382 g/mol. The maximum Gasteiger partial charge on any atom is 0.258 e. The number of thioether (sulfide) groups is 2. The Labute approximate surface area is 175 Å². The minimum Gasteiger partial charge on any atom is -0.304 e. The largest absolute Gasteiger partial charge is 0.304 e. The van der Waals surface area contributed by atoms with Gasteiger partial charge in [0.05, 0.1) is 11.1 Å². The van der Waals surface area contributed by atoms with E-state index in [0.29, 0.717) is 11.1 Å². The van der Waals surface area contributed by atoms with Gasteiger partial charge in [0.25, 0.3) is 5.91 Å². The first-order valence-corrected chi connectivity index (χ1v) is 11.6. The molecule has 1 aliphatic heterocycles. The maximum absolute atomic E-state index is 13.4. The zero-order valence-electron chi connectivity index (χ0n) is 15.9. The highest BCUT2D eigenvalue weighted by Gasteiger charge is 2.21. The van der Waals surface area contributed by atoms with Crippen molar-refractivity contribution >= 4 is 35.1 Å². The van der Waals surface area contributed by atoms with Crippen LogP contribution in [0, 0.1) is 6.92 Å². The molecule has 0 bridgehead atoms. The van der Waals surface area contributed by atoms with E-state index in [9.17, 15) is 4.79 Å². The minimum atomic E-state index is 0.0349. The normalized spacial score (nSPS) is 14.2. The quantitative estimate of drug-likeness (QED) is 0.495. The maximum atomic E-state index is 13.4. The predicted octanol–water partition coefficient (Wildman–Crippen LogP) is 6.32. The number of aryl methyl sites for hydroxylation is 1. The van der Waals surface area contributed by atoms with Crippen molar-refractivity contribution in [3.05, 3.63) is 101 Å². The van der Waals surface area contributed by atoms with Crippen molar-refractivity contribution in [2.24, 2.45) is 0 Å². The second-order valence-corrected chi connectivity index (χ2v) is 9.64. The van der Waals surface area contributed by atoms with Gasteiger partial charge in [-0.3, -0.25) is 4.79 Å². The van der Waals surface area contributed by atoms with Gasteiger partial charge in [0.15, 0.2) is 0 Å². The average molecular weight is 406 g/mol. The fourth-order valence-electron chi connectivity index (χ4n) is 3.33. The second-order valence-electron chi connectivity index (χ2n) is 6.91. The Hall–Kier alpha value is -2.17. The average Bonchev–Trinajstić information content (AvgIpc) is 3.27. The second kappa shape index (κ2) is 8.89. The zero-order valence-corrected chi connectivity index (χ0v) is 17.5. The van der Waals surface area contributed by atoms with Crippen molar-refractivity contribution in [2.75, 3.05) is 16.4 Å². The number of amides is 1. The van der Waals surface area contributed by atoms with Gasteiger partial charge >= 0.3 is 0 Å². The van der Waals surface area contributed by atoms with E-state index in [2.05, 4.69) is 43.3 Å². The van der Waals surface area contributed by atoms with Crippen LogP contribution < -0.4 is 4.90 Å². The molecule has 1 saturated heterocycles. The summed E-state index contributed by atoms with van der Waals surface area (Å²) in [7, 11) is 0. The number of carbonyl (C=O) groups is 1. The molecule has 0 radical (unpaired) electrons. The van der Waals surface area contributed by atoms with E-state index in [4.69, 9.17) is 0 Å². The highest BCUT2D eigenvalue weighted by atomic mass is 32.2. The van der Waals surface area contributed by atoms with E-state index in [-0.39, 0.29) is 5.91 Å². The Morgan fingerprint density at radius 3 is 2.32 bits per heavy atom. The third kappa shape index (κ3) is 4.45. The van der Waals surface area contributed by atoms with Gasteiger partial charge < -0.3 is 4.90 Å². The molecule has 0 atom stereocenters. The molecule has 4 heteroatoms. The molecule has 1 amide bonds. The molecule has 4 rings (SSSR count). The molecule has 0 spiro atoms. The van der Waals surface area contributed by atoms with Gasteiger partial charge in [-0.15, -0.1) is 23.5 Å². The zero-order chi connectivity index (χ0) is 19.3. The highest BCUT2D eigenvalue weighted by Crippen LogP contribution is 2.45. The first-order valence-electron chi connectivity index (χ1n) is 9.46. The third-order valence-electron chi connectivity index (χ3n) is 4.79. The molecule has 3 aromatic rings. The van der Waals surface area contributed by atoms with Crippen molar-refractivity contribution in [1.82, 2.24) is 0 Å². The molecule has 1 aliphatic rings. The summed E-state index contributed by atoms with van der Waals surface area (Å²) in [5.41, 5.74) is 5.23. The standard InChI is InChI=1S/C24H23NOS2/c1-18-6-5-9-22(16-18)25(17-19-7-3-2-4-8-19)23(26)20-10-12-21(13-11-20)24-27-14-15-28-24/h2-13,16,24H,14-15,17H2,1H3. The number of anilines is 1. The van der Waals surface area contributed by atoms with Gasteiger partial charge in [0.1, 0.15) is 0 Å². The van der Waals surface area contributed by atoms with E-state index in [1.54, 1.807) is 0 Å². The molecular formula is C24H23NOS2. The topological polar surface area (TPSA) is 20.3 Å². The van der Waals surface area contributed by atoms with E-state index >= 15 is 0 Å². The molecule has 0 aliphatic carbocycles. The SMILES string of the molecule is Cc1cccc(N(Cc2ccccc2)C(=O)c2ccc(C3SCCS3)cc2)c1. The van der Waals surface area contributed by atoms with Gasteiger partial charge in [0, 0.05) is 22.8 Å². The van der Waals surface area contributed by atoms with Gasteiger partial charge in [-0.05, 0) is 47.9 Å². The lowest BCUT2D eigenvalue weighted by atomic mass is 10.1. The number of hydrogen-bond acceptors (Lipinski definition) is 3. The predicted molar refractivity (Wildman–Crippen MR) is 122 cm³/mol.